The van der Waals surface area contributed by atoms with Crippen molar-refractivity contribution < 1.29 is 23.1 Å². The zero-order valence-electron chi connectivity index (χ0n) is 14.5. The van der Waals surface area contributed by atoms with Crippen LogP contribution in [0, 0.1) is 0 Å². The molecule has 2 amide bonds. The fraction of sp³-hybridized carbons (Fsp3) is 0.444. The first-order valence-corrected chi connectivity index (χ1v) is 9.31. The number of amides is 2. The highest BCUT2D eigenvalue weighted by Gasteiger charge is 2.23. The molecule has 1 aromatic carbocycles. The van der Waals surface area contributed by atoms with Gasteiger partial charge in [0.2, 0.25) is 5.91 Å². The second-order valence-corrected chi connectivity index (χ2v) is 6.81. The Balaban J connectivity index is 1.76. The van der Waals surface area contributed by atoms with Crippen molar-refractivity contribution in [1.29, 1.82) is 0 Å². The summed E-state index contributed by atoms with van der Waals surface area (Å²) in [5.74, 6) is -2.66. The Hall–Kier alpha value is -2.09. The fourth-order valence-electron chi connectivity index (χ4n) is 2.60. The molecule has 0 aliphatic carbocycles. The summed E-state index contributed by atoms with van der Waals surface area (Å²) in [6.07, 6.45) is 4.11. The van der Waals surface area contributed by atoms with E-state index in [2.05, 4.69) is 5.32 Å². The molecule has 0 spiro atoms. The van der Waals surface area contributed by atoms with E-state index in [0.29, 0.717) is 49.2 Å². The zero-order chi connectivity index (χ0) is 18.9. The smallest absolute Gasteiger partial charge is 0.409 e. The maximum Gasteiger partial charge on any atom is 0.409 e. The lowest BCUT2D eigenvalue weighted by molar-refractivity contribution is -0.117. The Bertz CT molecular complexity index is 630. The molecule has 26 heavy (non-hydrogen) atoms. The molecule has 0 bridgehead atoms. The Kier molecular flexibility index (Phi) is 7.90. The third-order valence-electron chi connectivity index (χ3n) is 3.90. The minimum atomic E-state index is -2.45. The van der Waals surface area contributed by atoms with Crippen LogP contribution in [0.25, 0.3) is 6.08 Å². The first-order chi connectivity index (χ1) is 12.5. The Labute approximate surface area is 155 Å². The summed E-state index contributed by atoms with van der Waals surface area (Å²) in [6, 6.07) is 6.58. The molecule has 1 aliphatic heterocycles. The van der Waals surface area contributed by atoms with Crippen LogP contribution < -0.4 is 5.32 Å². The first-order valence-electron chi connectivity index (χ1n) is 8.43. The van der Waals surface area contributed by atoms with Gasteiger partial charge in [0.1, 0.15) is 0 Å². The maximum absolute atomic E-state index is 12.3. The molecule has 2 rings (SSSR count). The van der Waals surface area contributed by atoms with Crippen molar-refractivity contribution in [2.24, 2.45) is 0 Å². The van der Waals surface area contributed by atoms with E-state index < -0.39 is 5.76 Å². The molecule has 1 N–H and O–H groups in total. The van der Waals surface area contributed by atoms with E-state index in [0.717, 1.165) is 5.56 Å². The molecule has 5 nitrogen and oxygen atoms in total. The number of carbonyl (C=O) groups excluding carboxylic acids is 2. The van der Waals surface area contributed by atoms with Crippen molar-refractivity contribution in [1.82, 2.24) is 10.2 Å². The van der Waals surface area contributed by atoms with Crippen molar-refractivity contribution in [3.8, 4) is 0 Å². The average Bonchev–Trinajstić information content (AvgIpc) is 2.61. The van der Waals surface area contributed by atoms with Crippen LogP contribution in [0.15, 0.2) is 35.2 Å². The normalized spacial score (nSPS) is 15.5. The summed E-state index contributed by atoms with van der Waals surface area (Å²) in [5, 5.41) is 2.91. The van der Waals surface area contributed by atoms with Gasteiger partial charge in [-0.05, 0) is 43.5 Å². The van der Waals surface area contributed by atoms with Gasteiger partial charge in [-0.25, -0.2) is 4.79 Å². The van der Waals surface area contributed by atoms with E-state index in [1.807, 2.05) is 0 Å². The quantitative estimate of drug-likeness (QED) is 0.599. The molecule has 0 radical (unpaired) electrons. The van der Waals surface area contributed by atoms with Crippen molar-refractivity contribution >= 4 is 29.8 Å². The average molecular weight is 384 g/mol. The molecular formula is C18H22F2N2O3S. The Morgan fingerprint density at radius 3 is 2.54 bits per heavy atom. The van der Waals surface area contributed by atoms with Crippen LogP contribution >= 0.6 is 11.8 Å². The number of hydrogen-bond donors (Lipinski definition) is 1. The van der Waals surface area contributed by atoms with Gasteiger partial charge in [0.05, 0.1) is 6.61 Å². The number of rotatable bonds is 6. The lowest BCUT2D eigenvalue weighted by Gasteiger charge is -2.31. The third-order valence-corrected chi connectivity index (χ3v) is 4.62. The van der Waals surface area contributed by atoms with Crippen molar-refractivity contribution in [3.63, 3.8) is 0 Å². The monoisotopic (exact) mass is 384 g/mol. The number of nitrogens with one attached hydrogen (secondary N) is 1. The van der Waals surface area contributed by atoms with Crippen molar-refractivity contribution in [3.05, 3.63) is 35.9 Å². The lowest BCUT2D eigenvalue weighted by Crippen LogP contribution is -2.46. The van der Waals surface area contributed by atoms with Gasteiger partial charge in [0.25, 0.3) is 5.76 Å². The number of likely N-dealkylation sites (tertiary alicyclic amines) is 1. The molecule has 1 aliphatic rings. The molecule has 0 saturated carbocycles. The van der Waals surface area contributed by atoms with Crippen LogP contribution in [0.1, 0.15) is 25.3 Å². The highest BCUT2D eigenvalue weighted by Crippen LogP contribution is 2.25. The summed E-state index contributed by atoms with van der Waals surface area (Å²) in [7, 11) is 0. The Morgan fingerprint density at radius 2 is 1.96 bits per heavy atom. The second kappa shape index (κ2) is 10.2. The summed E-state index contributed by atoms with van der Waals surface area (Å²) < 4.78 is 29.5. The molecule has 1 saturated heterocycles. The van der Waals surface area contributed by atoms with Gasteiger partial charge < -0.3 is 15.0 Å². The van der Waals surface area contributed by atoms with E-state index in [4.69, 9.17) is 4.74 Å². The van der Waals surface area contributed by atoms with Crippen LogP contribution in [0.5, 0.6) is 0 Å². The van der Waals surface area contributed by atoms with Gasteiger partial charge in [0.15, 0.2) is 0 Å². The predicted octanol–water partition coefficient (Wildman–Crippen LogP) is 3.75. The van der Waals surface area contributed by atoms with Gasteiger partial charge in [0, 0.05) is 30.1 Å². The molecule has 1 aromatic rings. The molecule has 0 aromatic heterocycles. The maximum atomic E-state index is 12.3. The predicted molar refractivity (Wildman–Crippen MR) is 97.1 cm³/mol. The number of alkyl halides is 2. The summed E-state index contributed by atoms with van der Waals surface area (Å²) in [5.41, 5.74) is 0.760. The number of halogens is 2. The van der Waals surface area contributed by atoms with Gasteiger partial charge in [-0.2, -0.15) is 8.78 Å². The van der Waals surface area contributed by atoms with Crippen LogP contribution in [-0.2, 0) is 9.53 Å². The minimum Gasteiger partial charge on any atom is -0.450 e. The van der Waals surface area contributed by atoms with Crippen molar-refractivity contribution in [2.75, 3.05) is 19.7 Å². The lowest BCUT2D eigenvalue weighted by atomic mass is 10.1. The van der Waals surface area contributed by atoms with E-state index in [1.165, 1.54) is 6.08 Å². The van der Waals surface area contributed by atoms with Gasteiger partial charge in [-0.15, -0.1) is 0 Å². The number of benzene rings is 1. The molecule has 0 unspecified atom stereocenters. The number of ether oxygens (including phenoxy) is 1. The van der Waals surface area contributed by atoms with Gasteiger partial charge in [-0.1, -0.05) is 23.9 Å². The molecular weight excluding hydrogens is 362 g/mol. The van der Waals surface area contributed by atoms with Crippen molar-refractivity contribution in [2.45, 2.75) is 36.5 Å². The van der Waals surface area contributed by atoms with Crippen LogP contribution in [0.4, 0.5) is 13.6 Å². The zero-order valence-corrected chi connectivity index (χ0v) is 15.3. The highest BCUT2D eigenvalue weighted by atomic mass is 32.2. The largest absolute Gasteiger partial charge is 0.450 e. The van der Waals surface area contributed by atoms with Gasteiger partial charge in [-0.3, -0.25) is 4.79 Å². The number of nitrogens with zero attached hydrogens (tertiary/aromatic N) is 1. The molecule has 0 atom stereocenters. The summed E-state index contributed by atoms with van der Waals surface area (Å²) in [4.78, 5) is 25.8. The SMILES string of the molecule is CCOC(=O)N1CCC(NC(=O)/C=C/c2ccc(SC(F)F)cc2)CC1. The number of carbonyl (C=O) groups is 2. The number of hydrogen-bond acceptors (Lipinski definition) is 4. The fourth-order valence-corrected chi connectivity index (χ4v) is 3.10. The molecule has 1 fully saturated rings. The first kappa shape index (κ1) is 20.2. The van der Waals surface area contributed by atoms with Gasteiger partial charge >= 0.3 is 6.09 Å². The minimum absolute atomic E-state index is 0.0163. The second-order valence-electron chi connectivity index (χ2n) is 5.75. The topological polar surface area (TPSA) is 58.6 Å². The van der Waals surface area contributed by atoms with E-state index in [-0.39, 0.29) is 18.0 Å². The molecule has 8 heteroatoms. The summed E-state index contributed by atoms with van der Waals surface area (Å²) >= 11 is 0.486. The number of thioether (sulfide) groups is 1. The molecule has 142 valence electrons. The Morgan fingerprint density at radius 1 is 1.31 bits per heavy atom. The van der Waals surface area contributed by atoms with E-state index in [1.54, 1.807) is 42.2 Å². The summed E-state index contributed by atoms with van der Waals surface area (Å²) in [6.45, 7) is 3.22. The van der Waals surface area contributed by atoms with E-state index in [9.17, 15) is 18.4 Å². The highest BCUT2D eigenvalue weighted by molar-refractivity contribution is 7.99. The molecule has 1 heterocycles. The van der Waals surface area contributed by atoms with Crippen LogP contribution in [-0.4, -0.2) is 48.4 Å². The third kappa shape index (κ3) is 6.67. The standard InChI is InChI=1S/C18H22F2N2O3S/c1-2-25-18(24)22-11-9-14(10-12-22)21-16(23)8-5-13-3-6-15(7-4-13)26-17(19)20/h3-8,14,17H,2,9-12H2,1H3,(H,21,23)/b8-5+. The van der Waals surface area contributed by atoms with E-state index >= 15 is 0 Å². The van der Waals surface area contributed by atoms with Crippen LogP contribution in [0.2, 0.25) is 0 Å². The van der Waals surface area contributed by atoms with Crippen LogP contribution in [0.3, 0.4) is 0 Å². The number of piperidine rings is 1.